The van der Waals surface area contributed by atoms with Crippen molar-refractivity contribution in [2.45, 2.75) is 76.7 Å². The Morgan fingerprint density at radius 3 is 1.52 bits per heavy atom. The largest absolute Gasteiger partial charge is 0.356 e. The molecule has 0 spiro atoms. The first-order valence-electron chi connectivity index (χ1n) is 12.9. The number of nitrogens with one attached hydrogen (secondary N) is 2. The zero-order valence-corrected chi connectivity index (χ0v) is 19.9. The van der Waals surface area contributed by atoms with Crippen LogP contribution in [0.15, 0.2) is 84.9 Å². The Morgan fingerprint density at radius 1 is 0.485 bits per heavy atom. The van der Waals surface area contributed by atoms with Gasteiger partial charge in [0.05, 0.1) is 11.4 Å². The van der Waals surface area contributed by atoms with Crippen LogP contribution in [0.4, 0.5) is 22.7 Å². The second kappa shape index (κ2) is 13.1. The first-order valence-corrected chi connectivity index (χ1v) is 12.9. The summed E-state index contributed by atoms with van der Waals surface area (Å²) in [5.74, 6) is 0. The predicted molar refractivity (Wildman–Crippen MR) is 142 cm³/mol. The van der Waals surface area contributed by atoms with Gasteiger partial charge in [-0.3, -0.25) is 5.01 Å². The highest BCUT2D eigenvalue weighted by Crippen LogP contribution is 2.27. The molecular weight excluding hydrogens is 402 g/mol. The lowest BCUT2D eigenvalue weighted by atomic mass is 9.98. The smallest absolute Gasteiger partial charge is 0.0579 e. The average molecular weight is 442 g/mol. The van der Waals surface area contributed by atoms with Crippen molar-refractivity contribution in [2.24, 2.45) is 0 Å². The molecule has 3 aromatic rings. The molecule has 0 aliphatic heterocycles. The molecule has 0 amide bonds. The van der Waals surface area contributed by atoms with Crippen LogP contribution in [0, 0.1) is 0 Å². The summed E-state index contributed by atoms with van der Waals surface area (Å²) in [5, 5.41) is 5.79. The molecule has 0 radical (unpaired) electrons. The highest BCUT2D eigenvalue weighted by Gasteiger charge is 2.16. The van der Waals surface area contributed by atoms with Gasteiger partial charge in [-0.05, 0) is 61.4 Å². The lowest BCUT2D eigenvalue weighted by Gasteiger charge is -2.31. The van der Waals surface area contributed by atoms with Crippen LogP contribution in [-0.2, 0) is 0 Å². The molecule has 0 atom stereocenters. The molecule has 3 nitrogen and oxygen atoms in total. The number of benzene rings is 3. The Labute approximate surface area is 200 Å². The molecule has 0 bridgehead atoms. The molecule has 1 aliphatic carbocycles. The SMILES string of the molecule is c1ccc(Nc2ccc(N(NC3CCCCCCCCCCC3)c3ccccc3)cc2)cc1. The Hall–Kier alpha value is -2.78. The average Bonchev–Trinajstić information content (AvgIpc) is 2.86. The van der Waals surface area contributed by atoms with Crippen LogP contribution in [0.5, 0.6) is 0 Å². The molecule has 1 fully saturated rings. The maximum Gasteiger partial charge on any atom is 0.0579 e. The normalized spacial score (nSPS) is 16.4. The molecule has 0 saturated heterocycles. The molecule has 0 heterocycles. The van der Waals surface area contributed by atoms with E-state index in [4.69, 9.17) is 0 Å². The number of hydrogen-bond donors (Lipinski definition) is 2. The van der Waals surface area contributed by atoms with Crippen molar-refractivity contribution in [3.05, 3.63) is 84.9 Å². The van der Waals surface area contributed by atoms with E-state index in [-0.39, 0.29) is 0 Å². The van der Waals surface area contributed by atoms with E-state index in [1.54, 1.807) is 0 Å². The van der Waals surface area contributed by atoms with Gasteiger partial charge in [0.25, 0.3) is 0 Å². The van der Waals surface area contributed by atoms with E-state index >= 15 is 0 Å². The molecule has 1 saturated carbocycles. The van der Waals surface area contributed by atoms with Crippen LogP contribution < -0.4 is 15.8 Å². The summed E-state index contributed by atoms with van der Waals surface area (Å²) >= 11 is 0. The van der Waals surface area contributed by atoms with E-state index in [1.807, 2.05) is 6.07 Å². The molecule has 33 heavy (non-hydrogen) atoms. The zero-order chi connectivity index (χ0) is 22.6. The third-order valence-corrected chi connectivity index (χ3v) is 6.62. The fraction of sp³-hybridized carbons (Fsp3) is 0.400. The van der Waals surface area contributed by atoms with Crippen molar-refractivity contribution in [3.63, 3.8) is 0 Å². The van der Waals surface area contributed by atoms with Gasteiger partial charge in [-0.25, -0.2) is 5.43 Å². The van der Waals surface area contributed by atoms with Crippen molar-refractivity contribution < 1.29 is 0 Å². The van der Waals surface area contributed by atoms with Gasteiger partial charge < -0.3 is 5.32 Å². The van der Waals surface area contributed by atoms with Crippen molar-refractivity contribution in [3.8, 4) is 0 Å². The highest BCUT2D eigenvalue weighted by molar-refractivity contribution is 5.67. The van der Waals surface area contributed by atoms with Gasteiger partial charge in [0.2, 0.25) is 0 Å². The molecule has 174 valence electrons. The second-order valence-electron chi connectivity index (χ2n) is 9.29. The minimum atomic E-state index is 0.506. The van der Waals surface area contributed by atoms with Crippen LogP contribution >= 0.6 is 0 Å². The molecule has 3 aromatic carbocycles. The van der Waals surface area contributed by atoms with Crippen molar-refractivity contribution in [1.82, 2.24) is 5.43 Å². The Balaban J connectivity index is 1.48. The zero-order valence-electron chi connectivity index (χ0n) is 19.9. The summed E-state index contributed by atoms with van der Waals surface area (Å²) in [6.07, 6.45) is 14.9. The fourth-order valence-electron chi connectivity index (χ4n) is 4.73. The van der Waals surface area contributed by atoms with E-state index < -0.39 is 0 Å². The minimum absolute atomic E-state index is 0.506. The van der Waals surface area contributed by atoms with Gasteiger partial charge in [-0.2, -0.15) is 0 Å². The maximum absolute atomic E-state index is 3.92. The number of para-hydroxylation sites is 2. The number of rotatable bonds is 6. The van der Waals surface area contributed by atoms with Crippen LogP contribution in [0.25, 0.3) is 0 Å². The standard InChI is InChI=1S/C30H39N3/c1-2-4-6-10-18-28(19-11-7-5-3-1)32-33(29-20-14-9-15-21-29)30-24-22-27(23-25-30)31-26-16-12-8-13-17-26/h8-9,12-17,20-25,28,31-32H,1-7,10-11,18-19H2. The minimum Gasteiger partial charge on any atom is -0.356 e. The molecule has 0 unspecified atom stereocenters. The summed E-state index contributed by atoms with van der Waals surface area (Å²) in [4.78, 5) is 0. The maximum atomic E-state index is 3.92. The Morgan fingerprint density at radius 2 is 0.939 bits per heavy atom. The van der Waals surface area contributed by atoms with Crippen LogP contribution in [0.2, 0.25) is 0 Å². The third-order valence-electron chi connectivity index (χ3n) is 6.62. The molecule has 4 rings (SSSR count). The predicted octanol–water partition coefficient (Wildman–Crippen LogP) is 8.75. The number of hydrogen-bond acceptors (Lipinski definition) is 3. The van der Waals surface area contributed by atoms with Gasteiger partial charge in [-0.1, -0.05) is 94.2 Å². The quantitative estimate of drug-likeness (QED) is 0.374. The molecule has 0 aromatic heterocycles. The van der Waals surface area contributed by atoms with Gasteiger partial charge in [0.1, 0.15) is 0 Å². The van der Waals surface area contributed by atoms with Gasteiger partial charge in [0, 0.05) is 17.4 Å². The number of anilines is 4. The molecule has 1 aliphatic rings. The Bertz CT molecular complexity index is 896. The molecule has 3 heteroatoms. The first-order chi connectivity index (χ1) is 16.4. The first kappa shape index (κ1) is 23.4. The number of nitrogens with zero attached hydrogens (tertiary/aromatic N) is 1. The summed E-state index contributed by atoms with van der Waals surface area (Å²) in [7, 11) is 0. The fourth-order valence-corrected chi connectivity index (χ4v) is 4.73. The van der Waals surface area contributed by atoms with Crippen LogP contribution in [0.1, 0.15) is 70.6 Å². The second-order valence-corrected chi connectivity index (χ2v) is 9.29. The Kier molecular flexibility index (Phi) is 9.25. The lowest BCUT2D eigenvalue weighted by molar-refractivity contribution is 0.407. The van der Waals surface area contributed by atoms with Crippen molar-refractivity contribution in [1.29, 1.82) is 0 Å². The van der Waals surface area contributed by atoms with E-state index in [1.165, 1.54) is 82.0 Å². The van der Waals surface area contributed by atoms with Gasteiger partial charge in [-0.15, -0.1) is 0 Å². The summed E-state index contributed by atoms with van der Waals surface area (Å²) < 4.78 is 0. The highest BCUT2D eigenvalue weighted by atomic mass is 15.5. The third kappa shape index (κ3) is 7.64. The van der Waals surface area contributed by atoms with Gasteiger partial charge >= 0.3 is 0 Å². The van der Waals surface area contributed by atoms with E-state index in [0.29, 0.717) is 6.04 Å². The van der Waals surface area contributed by atoms with Crippen LogP contribution in [-0.4, -0.2) is 6.04 Å². The summed E-state index contributed by atoms with van der Waals surface area (Å²) in [6.45, 7) is 0. The molecular formula is C30H39N3. The van der Waals surface area contributed by atoms with E-state index in [2.05, 4.69) is 94.6 Å². The van der Waals surface area contributed by atoms with E-state index in [0.717, 1.165) is 11.4 Å². The molecule has 2 N–H and O–H groups in total. The van der Waals surface area contributed by atoms with E-state index in [9.17, 15) is 0 Å². The lowest BCUT2D eigenvalue weighted by Crippen LogP contribution is -2.42. The number of hydrazine groups is 1. The topological polar surface area (TPSA) is 27.3 Å². The van der Waals surface area contributed by atoms with Gasteiger partial charge in [0.15, 0.2) is 0 Å². The van der Waals surface area contributed by atoms with Crippen molar-refractivity contribution in [2.75, 3.05) is 10.3 Å². The van der Waals surface area contributed by atoms with Crippen molar-refractivity contribution >= 4 is 22.7 Å². The summed E-state index contributed by atoms with van der Waals surface area (Å²) in [5.41, 5.74) is 8.49. The van der Waals surface area contributed by atoms with Crippen LogP contribution in [0.3, 0.4) is 0 Å². The monoisotopic (exact) mass is 441 g/mol. The summed E-state index contributed by atoms with van der Waals surface area (Å²) in [6, 6.07) is 30.3.